The minimum absolute atomic E-state index is 0.136. The highest BCUT2D eigenvalue weighted by Gasteiger charge is 2.22. The van der Waals surface area contributed by atoms with Gasteiger partial charge in [-0.05, 0) is 14.1 Å². The number of nitrogens with zero attached hydrogens (tertiary/aromatic N) is 2. The Morgan fingerprint density at radius 3 is 2.07 bits per heavy atom. The average molecular weight is 198 g/mol. The van der Waals surface area contributed by atoms with Crippen molar-refractivity contribution in [2.75, 3.05) is 39.1 Å². The summed E-state index contributed by atoms with van der Waals surface area (Å²) in [4.78, 5) is 25.3. The molecule has 0 saturated carbocycles. The lowest BCUT2D eigenvalue weighted by atomic mass is 10.2. The standard InChI is InChI=1S/C9H14N2O3/c1-10(2)4-5-11(3)6-7(12)9(14)8(6)13/h12H,4-5H2,1-3H3. The Bertz CT molecular complexity index is 391. The van der Waals surface area contributed by atoms with Crippen molar-refractivity contribution >= 4 is 5.69 Å². The summed E-state index contributed by atoms with van der Waals surface area (Å²) in [5, 5.41) is 9.14. The summed E-state index contributed by atoms with van der Waals surface area (Å²) in [7, 11) is 5.51. The van der Waals surface area contributed by atoms with E-state index in [2.05, 4.69) is 0 Å². The molecule has 0 bridgehead atoms. The molecule has 0 saturated heterocycles. The number of rotatable bonds is 4. The topological polar surface area (TPSA) is 60.9 Å². The first kappa shape index (κ1) is 10.7. The molecular formula is C9H14N2O3. The number of hydrogen-bond donors (Lipinski definition) is 1. The van der Waals surface area contributed by atoms with Crippen molar-refractivity contribution < 1.29 is 5.11 Å². The number of anilines is 1. The van der Waals surface area contributed by atoms with E-state index in [0.29, 0.717) is 6.54 Å². The van der Waals surface area contributed by atoms with Gasteiger partial charge in [0.1, 0.15) is 5.69 Å². The molecule has 0 amide bonds. The van der Waals surface area contributed by atoms with Crippen LogP contribution in [-0.2, 0) is 0 Å². The second-order valence-corrected chi connectivity index (χ2v) is 3.58. The first-order valence-electron chi connectivity index (χ1n) is 4.33. The molecule has 0 aliphatic rings. The molecule has 0 atom stereocenters. The monoisotopic (exact) mass is 198 g/mol. The molecule has 5 heteroatoms. The van der Waals surface area contributed by atoms with Crippen LogP contribution in [0.3, 0.4) is 0 Å². The predicted molar refractivity (Wildman–Crippen MR) is 54.8 cm³/mol. The third-order valence-corrected chi connectivity index (χ3v) is 2.13. The van der Waals surface area contributed by atoms with Gasteiger partial charge in [-0.1, -0.05) is 0 Å². The van der Waals surface area contributed by atoms with Gasteiger partial charge < -0.3 is 14.9 Å². The van der Waals surface area contributed by atoms with Crippen molar-refractivity contribution in [1.29, 1.82) is 0 Å². The van der Waals surface area contributed by atoms with Crippen LogP contribution in [0.2, 0.25) is 0 Å². The van der Waals surface area contributed by atoms with Gasteiger partial charge in [-0.15, -0.1) is 0 Å². The molecule has 0 aliphatic heterocycles. The van der Waals surface area contributed by atoms with E-state index in [4.69, 9.17) is 5.11 Å². The third-order valence-electron chi connectivity index (χ3n) is 2.13. The Balaban J connectivity index is 2.68. The SMILES string of the molecule is CN(C)CCN(C)c1c(O)c(=O)c1=O. The summed E-state index contributed by atoms with van der Waals surface area (Å²) in [6, 6.07) is 0. The maximum absolute atomic E-state index is 11.0. The van der Waals surface area contributed by atoms with Gasteiger partial charge in [-0.25, -0.2) is 0 Å². The van der Waals surface area contributed by atoms with E-state index in [9.17, 15) is 9.59 Å². The van der Waals surface area contributed by atoms with Crippen molar-refractivity contribution in [1.82, 2.24) is 4.90 Å². The minimum atomic E-state index is -0.781. The van der Waals surface area contributed by atoms with E-state index in [-0.39, 0.29) is 5.69 Å². The zero-order chi connectivity index (χ0) is 10.9. The van der Waals surface area contributed by atoms with Gasteiger partial charge in [-0.3, -0.25) is 9.59 Å². The Morgan fingerprint density at radius 1 is 1.07 bits per heavy atom. The van der Waals surface area contributed by atoms with E-state index >= 15 is 0 Å². The van der Waals surface area contributed by atoms with Gasteiger partial charge in [0.05, 0.1) is 0 Å². The van der Waals surface area contributed by atoms with Gasteiger partial charge in [0.25, 0.3) is 10.9 Å². The van der Waals surface area contributed by atoms with Crippen molar-refractivity contribution in [3.8, 4) is 5.75 Å². The first-order valence-corrected chi connectivity index (χ1v) is 4.33. The molecule has 1 N–H and O–H groups in total. The Morgan fingerprint density at radius 2 is 1.64 bits per heavy atom. The molecule has 0 aromatic heterocycles. The summed E-state index contributed by atoms with van der Waals surface area (Å²) in [5.41, 5.74) is -1.24. The van der Waals surface area contributed by atoms with Gasteiger partial charge >= 0.3 is 0 Å². The zero-order valence-electron chi connectivity index (χ0n) is 8.57. The van der Waals surface area contributed by atoms with Crippen molar-refractivity contribution in [3.05, 3.63) is 20.4 Å². The van der Waals surface area contributed by atoms with Crippen LogP contribution in [0.5, 0.6) is 5.75 Å². The zero-order valence-corrected chi connectivity index (χ0v) is 8.57. The molecule has 0 fully saturated rings. The molecule has 0 spiro atoms. The lowest BCUT2D eigenvalue weighted by Crippen LogP contribution is -2.40. The lowest BCUT2D eigenvalue weighted by molar-refractivity contribution is 0.413. The van der Waals surface area contributed by atoms with E-state index in [1.807, 2.05) is 19.0 Å². The molecule has 0 unspecified atom stereocenters. The van der Waals surface area contributed by atoms with Crippen LogP contribution in [0.1, 0.15) is 0 Å². The fraction of sp³-hybridized carbons (Fsp3) is 0.556. The summed E-state index contributed by atoms with van der Waals surface area (Å²) < 4.78 is 0. The Kier molecular flexibility index (Phi) is 2.90. The smallest absolute Gasteiger partial charge is 0.271 e. The first-order chi connectivity index (χ1) is 6.45. The van der Waals surface area contributed by atoms with Crippen LogP contribution in [-0.4, -0.2) is 44.2 Å². The molecular weight excluding hydrogens is 184 g/mol. The number of likely N-dealkylation sites (N-methyl/N-ethyl adjacent to an activating group) is 2. The van der Waals surface area contributed by atoms with Gasteiger partial charge in [0, 0.05) is 20.1 Å². The summed E-state index contributed by atoms with van der Waals surface area (Å²) >= 11 is 0. The molecule has 1 aromatic carbocycles. The van der Waals surface area contributed by atoms with Gasteiger partial charge in [0.2, 0.25) is 0 Å². The van der Waals surface area contributed by atoms with Crippen LogP contribution < -0.4 is 15.8 Å². The largest absolute Gasteiger partial charge is 0.502 e. The molecule has 14 heavy (non-hydrogen) atoms. The quantitative estimate of drug-likeness (QED) is 0.628. The molecule has 0 radical (unpaired) electrons. The van der Waals surface area contributed by atoms with Crippen LogP contribution in [0.25, 0.3) is 0 Å². The molecule has 1 aromatic rings. The van der Waals surface area contributed by atoms with Crippen molar-refractivity contribution in [2.45, 2.75) is 0 Å². The molecule has 78 valence electrons. The fourth-order valence-electron chi connectivity index (χ4n) is 1.18. The molecule has 0 heterocycles. The average Bonchev–Trinajstić information content (AvgIpc) is 2.14. The van der Waals surface area contributed by atoms with E-state index < -0.39 is 16.6 Å². The van der Waals surface area contributed by atoms with Crippen LogP contribution in [0.15, 0.2) is 9.59 Å². The summed E-state index contributed by atoms with van der Waals surface area (Å²) in [6.45, 7) is 1.36. The van der Waals surface area contributed by atoms with E-state index in [0.717, 1.165) is 6.54 Å². The highest BCUT2D eigenvalue weighted by Crippen LogP contribution is 2.18. The minimum Gasteiger partial charge on any atom is -0.502 e. The van der Waals surface area contributed by atoms with Crippen molar-refractivity contribution in [2.24, 2.45) is 0 Å². The molecule has 1 rings (SSSR count). The van der Waals surface area contributed by atoms with Crippen LogP contribution >= 0.6 is 0 Å². The van der Waals surface area contributed by atoms with Crippen LogP contribution in [0.4, 0.5) is 5.69 Å². The van der Waals surface area contributed by atoms with Crippen molar-refractivity contribution in [3.63, 3.8) is 0 Å². The van der Waals surface area contributed by atoms with Crippen LogP contribution in [0, 0.1) is 0 Å². The second kappa shape index (κ2) is 3.79. The second-order valence-electron chi connectivity index (χ2n) is 3.58. The maximum Gasteiger partial charge on any atom is 0.271 e. The lowest BCUT2D eigenvalue weighted by Gasteiger charge is -2.22. The fourth-order valence-corrected chi connectivity index (χ4v) is 1.18. The molecule has 0 aliphatic carbocycles. The van der Waals surface area contributed by atoms with E-state index in [1.54, 1.807) is 11.9 Å². The number of hydrogen-bond acceptors (Lipinski definition) is 5. The highest BCUT2D eigenvalue weighted by molar-refractivity contribution is 5.62. The normalized spacial score (nSPS) is 11.1. The summed E-state index contributed by atoms with van der Waals surface area (Å²) in [5.74, 6) is -0.406. The molecule has 5 nitrogen and oxygen atoms in total. The maximum atomic E-state index is 11.0. The Hall–Kier alpha value is -1.36. The number of aromatic hydroxyl groups is 1. The van der Waals surface area contributed by atoms with Gasteiger partial charge in [-0.2, -0.15) is 0 Å². The third kappa shape index (κ3) is 1.77. The Labute approximate surface area is 81.9 Å². The predicted octanol–water partition coefficient (Wildman–Crippen LogP) is -1.01. The van der Waals surface area contributed by atoms with E-state index in [1.165, 1.54) is 0 Å². The highest BCUT2D eigenvalue weighted by atomic mass is 16.3. The summed E-state index contributed by atoms with van der Waals surface area (Å²) in [6.07, 6.45) is 0. The van der Waals surface area contributed by atoms with Gasteiger partial charge in [0.15, 0.2) is 5.75 Å².